The summed E-state index contributed by atoms with van der Waals surface area (Å²) in [7, 11) is 0. The average Bonchev–Trinajstić information content (AvgIpc) is 3.09. The van der Waals surface area contributed by atoms with Gasteiger partial charge in [0, 0.05) is 29.1 Å². The van der Waals surface area contributed by atoms with Gasteiger partial charge in [-0.2, -0.15) is 0 Å². The van der Waals surface area contributed by atoms with Gasteiger partial charge in [-0.25, -0.2) is 4.98 Å². The molecule has 0 unspecified atom stereocenters. The Hall–Kier alpha value is -1.15. The maximum atomic E-state index is 12.2. The quantitative estimate of drug-likeness (QED) is 0.686. The van der Waals surface area contributed by atoms with Crippen molar-refractivity contribution in [2.24, 2.45) is 5.92 Å². The molecular formula is C18H20ClN3OS3. The van der Waals surface area contributed by atoms with Crippen molar-refractivity contribution in [1.82, 2.24) is 9.88 Å². The molecule has 4 nitrogen and oxygen atoms in total. The summed E-state index contributed by atoms with van der Waals surface area (Å²) >= 11 is 14.2. The number of halogens is 1. The normalized spacial score (nSPS) is 15.1. The van der Waals surface area contributed by atoms with Gasteiger partial charge in [0.2, 0.25) is 5.91 Å². The summed E-state index contributed by atoms with van der Waals surface area (Å²) in [4.78, 5) is 18.9. The van der Waals surface area contributed by atoms with Crippen LogP contribution in [0, 0.1) is 5.92 Å². The van der Waals surface area contributed by atoms with Gasteiger partial charge in [-0.1, -0.05) is 54.6 Å². The summed E-state index contributed by atoms with van der Waals surface area (Å²) in [5.74, 6) is 0.989. The Morgan fingerprint density at radius 1 is 1.38 bits per heavy atom. The lowest BCUT2D eigenvalue weighted by Gasteiger charge is -2.31. The number of nitrogens with zero attached hydrogens (tertiary/aromatic N) is 2. The Labute approximate surface area is 172 Å². The minimum Gasteiger partial charge on any atom is -0.357 e. The third kappa shape index (κ3) is 5.42. The van der Waals surface area contributed by atoms with E-state index in [2.05, 4.69) is 22.1 Å². The van der Waals surface area contributed by atoms with E-state index in [9.17, 15) is 4.79 Å². The Balaban J connectivity index is 1.48. The number of piperidine rings is 1. The number of aromatic nitrogens is 1. The monoisotopic (exact) mass is 425 g/mol. The van der Waals surface area contributed by atoms with Crippen LogP contribution in [0.15, 0.2) is 29.6 Å². The second kappa shape index (κ2) is 9.17. The number of amides is 1. The Morgan fingerprint density at radius 2 is 2.08 bits per heavy atom. The first-order valence-corrected chi connectivity index (χ1v) is 11.1. The fourth-order valence-electron chi connectivity index (χ4n) is 2.65. The predicted molar refractivity (Wildman–Crippen MR) is 116 cm³/mol. The molecular weight excluding hydrogens is 406 g/mol. The van der Waals surface area contributed by atoms with Gasteiger partial charge in [0.15, 0.2) is 5.13 Å². The molecule has 0 saturated carbocycles. The highest BCUT2D eigenvalue weighted by Gasteiger charge is 2.19. The van der Waals surface area contributed by atoms with Crippen LogP contribution in [-0.4, -0.2) is 39.0 Å². The number of benzene rings is 1. The van der Waals surface area contributed by atoms with Crippen molar-refractivity contribution in [1.29, 1.82) is 0 Å². The SMILES string of the molecule is CC1CCN(C(=S)SCC(=O)Nc2nc(-c3ccc(Cl)cc3)cs2)CC1. The zero-order valence-corrected chi connectivity index (χ0v) is 17.6. The number of thiocarbonyl (C=S) groups is 1. The van der Waals surface area contributed by atoms with Gasteiger partial charge in [0.25, 0.3) is 0 Å². The molecule has 1 aromatic heterocycles. The first kappa shape index (κ1) is 19.6. The molecule has 1 aromatic carbocycles. The van der Waals surface area contributed by atoms with Crippen LogP contribution in [0.1, 0.15) is 19.8 Å². The second-order valence-electron chi connectivity index (χ2n) is 6.32. The fraction of sp³-hybridized carbons (Fsp3) is 0.389. The molecule has 1 amide bonds. The van der Waals surface area contributed by atoms with E-state index in [0.29, 0.717) is 15.9 Å². The average molecular weight is 426 g/mol. The summed E-state index contributed by atoms with van der Waals surface area (Å²) in [6, 6.07) is 7.48. The highest BCUT2D eigenvalue weighted by atomic mass is 35.5. The Morgan fingerprint density at radius 3 is 2.77 bits per heavy atom. The van der Waals surface area contributed by atoms with Crippen molar-refractivity contribution in [3.05, 3.63) is 34.7 Å². The lowest BCUT2D eigenvalue weighted by atomic mass is 10.00. The molecule has 0 radical (unpaired) electrons. The molecule has 2 heterocycles. The number of nitrogens with one attached hydrogen (secondary N) is 1. The molecule has 138 valence electrons. The molecule has 1 fully saturated rings. The number of likely N-dealkylation sites (tertiary alicyclic amines) is 1. The highest BCUT2D eigenvalue weighted by molar-refractivity contribution is 8.23. The van der Waals surface area contributed by atoms with Gasteiger partial charge in [-0.15, -0.1) is 11.3 Å². The number of carbonyl (C=O) groups excluding carboxylic acids is 1. The second-order valence-corrected chi connectivity index (χ2v) is 9.22. The molecule has 1 aliphatic rings. The lowest BCUT2D eigenvalue weighted by Crippen LogP contribution is -2.36. The molecule has 8 heteroatoms. The maximum Gasteiger partial charge on any atom is 0.236 e. The van der Waals surface area contributed by atoms with Crippen LogP contribution < -0.4 is 5.32 Å². The van der Waals surface area contributed by atoms with Gasteiger partial charge in [-0.05, 0) is 30.9 Å². The van der Waals surface area contributed by atoms with E-state index in [1.54, 1.807) is 0 Å². The molecule has 1 N–H and O–H groups in total. The smallest absolute Gasteiger partial charge is 0.236 e. The number of hydrogen-bond donors (Lipinski definition) is 1. The third-order valence-corrected chi connectivity index (χ3v) is 6.79. The van der Waals surface area contributed by atoms with Crippen LogP contribution in [0.5, 0.6) is 0 Å². The minimum atomic E-state index is -0.0836. The summed E-state index contributed by atoms with van der Waals surface area (Å²) in [5.41, 5.74) is 1.80. The number of carbonyl (C=O) groups is 1. The lowest BCUT2D eigenvalue weighted by molar-refractivity contribution is -0.113. The maximum absolute atomic E-state index is 12.2. The molecule has 0 atom stereocenters. The van der Waals surface area contributed by atoms with Crippen LogP contribution in [-0.2, 0) is 4.79 Å². The molecule has 2 aromatic rings. The summed E-state index contributed by atoms with van der Waals surface area (Å²) in [6.07, 6.45) is 2.33. The number of thiazole rings is 1. The topological polar surface area (TPSA) is 45.2 Å². The Kier molecular flexibility index (Phi) is 6.92. The number of thioether (sulfide) groups is 1. The van der Waals surface area contributed by atoms with Gasteiger partial charge < -0.3 is 10.2 Å². The van der Waals surface area contributed by atoms with E-state index < -0.39 is 0 Å². The van der Waals surface area contributed by atoms with Gasteiger partial charge >= 0.3 is 0 Å². The van der Waals surface area contributed by atoms with Crippen LogP contribution in [0.4, 0.5) is 5.13 Å². The van der Waals surface area contributed by atoms with Gasteiger partial charge in [0.05, 0.1) is 11.4 Å². The van der Waals surface area contributed by atoms with Crippen molar-refractivity contribution in [2.75, 3.05) is 24.2 Å². The minimum absolute atomic E-state index is 0.0836. The third-order valence-electron chi connectivity index (χ3n) is 4.26. The fourth-order valence-corrected chi connectivity index (χ4v) is 4.56. The molecule has 3 rings (SSSR count). The van der Waals surface area contributed by atoms with Gasteiger partial charge in [0.1, 0.15) is 4.32 Å². The Bertz CT molecular complexity index is 770. The first-order valence-electron chi connectivity index (χ1n) is 8.44. The van der Waals surface area contributed by atoms with E-state index in [0.717, 1.165) is 34.6 Å². The van der Waals surface area contributed by atoms with Crippen molar-refractivity contribution in [2.45, 2.75) is 19.8 Å². The van der Waals surface area contributed by atoms with Crippen molar-refractivity contribution >= 4 is 62.3 Å². The van der Waals surface area contributed by atoms with E-state index in [1.165, 1.54) is 35.9 Å². The van der Waals surface area contributed by atoms with E-state index in [-0.39, 0.29) is 5.91 Å². The van der Waals surface area contributed by atoms with Crippen molar-refractivity contribution in [3.63, 3.8) is 0 Å². The molecule has 1 aliphatic heterocycles. The largest absolute Gasteiger partial charge is 0.357 e. The summed E-state index contributed by atoms with van der Waals surface area (Å²) in [5, 5.41) is 6.06. The van der Waals surface area contributed by atoms with Crippen molar-refractivity contribution in [3.8, 4) is 11.3 Å². The zero-order valence-electron chi connectivity index (χ0n) is 14.4. The van der Waals surface area contributed by atoms with Crippen LogP contribution >= 0.6 is 46.9 Å². The van der Waals surface area contributed by atoms with Crippen LogP contribution in [0.3, 0.4) is 0 Å². The first-order chi connectivity index (χ1) is 12.5. The van der Waals surface area contributed by atoms with Crippen LogP contribution in [0.25, 0.3) is 11.3 Å². The summed E-state index contributed by atoms with van der Waals surface area (Å²) in [6.45, 7) is 4.25. The molecule has 0 bridgehead atoms. The predicted octanol–water partition coefficient (Wildman–Crippen LogP) is 5.15. The standard InChI is InChI=1S/C18H20ClN3OS3/c1-12-6-8-22(9-7-12)18(24)26-11-16(23)21-17-20-15(10-25-17)13-2-4-14(19)5-3-13/h2-5,10,12H,6-9,11H2,1H3,(H,20,21,23). The molecule has 0 spiro atoms. The highest BCUT2D eigenvalue weighted by Crippen LogP contribution is 2.26. The number of rotatable bonds is 4. The van der Waals surface area contributed by atoms with E-state index in [1.807, 2.05) is 29.6 Å². The van der Waals surface area contributed by atoms with Crippen LogP contribution in [0.2, 0.25) is 5.02 Å². The molecule has 26 heavy (non-hydrogen) atoms. The summed E-state index contributed by atoms with van der Waals surface area (Å²) < 4.78 is 0.813. The van der Waals surface area contributed by atoms with E-state index >= 15 is 0 Å². The molecule has 0 aliphatic carbocycles. The zero-order chi connectivity index (χ0) is 18.5. The molecule has 1 saturated heterocycles. The van der Waals surface area contributed by atoms with Crippen molar-refractivity contribution < 1.29 is 4.79 Å². The number of hydrogen-bond acceptors (Lipinski definition) is 5. The van der Waals surface area contributed by atoms with Gasteiger partial charge in [-0.3, -0.25) is 4.79 Å². The van der Waals surface area contributed by atoms with E-state index in [4.69, 9.17) is 23.8 Å². The number of anilines is 1.